The Bertz CT molecular complexity index is 617. The molecule has 0 aromatic heterocycles. The number of rotatable bonds is 3. The van der Waals surface area contributed by atoms with Gasteiger partial charge in [0.05, 0.1) is 23.1 Å². The van der Waals surface area contributed by atoms with E-state index in [4.69, 9.17) is 10.00 Å². The minimum absolute atomic E-state index is 0.00953. The minimum Gasteiger partial charge on any atom is -0.484 e. The Kier molecular flexibility index (Phi) is 4.25. The van der Waals surface area contributed by atoms with Crippen molar-refractivity contribution in [3.8, 4) is 11.8 Å². The predicted molar refractivity (Wildman–Crippen MR) is 71.9 cm³/mol. The number of nitrogens with zero attached hydrogens (tertiary/aromatic N) is 2. The standard InChI is InChI=1S/C13H14N2O4S/c14-9-11-1-3-12(4-2-11)19-10-13(16)15-5-7-20(17,18)8-6-15/h1-4H,5-8,10H2. The molecule has 1 aromatic rings. The fraction of sp³-hybridized carbons (Fsp3) is 0.385. The number of amides is 1. The van der Waals surface area contributed by atoms with Gasteiger partial charge in [0.25, 0.3) is 5.91 Å². The molecule has 0 bridgehead atoms. The molecule has 1 heterocycles. The van der Waals surface area contributed by atoms with Gasteiger partial charge < -0.3 is 9.64 Å². The third-order valence-electron chi connectivity index (χ3n) is 3.04. The van der Waals surface area contributed by atoms with E-state index in [0.717, 1.165) is 0 Å². The zero-order valence-corrected chi connectivity index (χ0v) is 11.6. The molecule has 1 amide bonds. The van der Waals surface area contributed by atoms with Crippen molar-refractivity contribution in [2.75, 3.05) is 31.2 Å². The highest BCUT2D eigenvalue weighted by Crippen LogP contribution is 2.12. The molecule has 1 aliphatic rings. The summed E-state index contributed by atoms with van der Waals surface area (Å²) in [6.07, 6.45) is 0. The van der Waals surface area contributed by atoms with Gasteiger partial charge in [-0.1, -0.05) is 0 Å². The summed E-state index contributed by atoms with van der Waals surface area (Å²) in [5.74, 6) is 0.289. The van der Waals surface area contributed by atoms with Crippen molar-refractivity contribution in [1.29, 1.82) is 5.26 Å². The molecule has 20 heavy (non-hydrogen) atoms. The van der Waals surface area contributed by atoms with Gasteiger partial charge in [0.15, 0.2) is 16.4 Å². The number of sulfone groups is 1. The lowest BCUT2D eigenvalue weighted by molar-refractivity contribution is -0.133. The van der Waals surface area contributed by atoms with Crippen LogP contribution < -0.4 is 4.74 Å². The first kappa shape index (κ1) is 14.3. The first-order chi connectivity index (χ1) is 9.50. The third-order valence-corrected chi connectivity index (χ3v) is 4.65. The lowest BCUT2D eigenvalue weighted by Crippen LogP contribution is -2.45. The lowest BCUT2D eigenvalue weighted by Gasteiger charge is -2.26. The van der Waals surface area contributed by atoms with Gasteiger partial charge in [0, 0.05) is 13.1 Å². The van der Waals surface area contributed by atoms with Gasteiger partial charge in [-0.15, -0.1) is 0 Å². The van der Waals surface area contributed by atoms with E-state index in [1.165, 1.54) is 4.90 Å². The molecule has 1 saturated heterocycles. The van der Waals surface area contributed by atoms with E-state index in [0.29, 0.717) is 11.3 Å². The van der Waals surface area contributed by atoms with E-state index in [2.05, 4.69) is 0 Å². The van der Waals surface area contributed by atoms with Crippen LogP contribution in [-0.2, 0) is 14.6 Å². The van der Waals surface area contributed by atoms with Crippen LogP contribution >= 0.6 is 0 Å². The second-order valence-corrected chi connectivity index (χ2v) is 6.76. The van der Waals surface area contributed by atoms with Crippen molar-refractivity contribution in [3.05, 3.63) is 29.8 Å². The van der Waals surface area contributed by atoms with Crippen molar-refractivity contribution < 1.29 is 17.9 Å². The van der Waals surface area contributed by atoms with E-state index in [9.17, 15) is 13.2 Å². The minimum atomic E-state index is -2.99. The summed E-state index contributed by atoms with van der Waals surface area (Å²) in [4.78, 5) is 13.4. The van der Waals surface area contributed by atoms with Gasteiger partial charge in [-0.25, -0.2) is 8.42 Å². The van der Waals surface area contributed by atoms with Crippen molar-refractivity contribution >= 4 is 15.7 Å². The van der Waals surface area contributed by atoms with Gasteiger partial charge in [0.2, 0.25) is 0 Å². The molecule has 6 nitrogen and oxygen atoms in total. The average Bonchev–Trinajstić information content (AvgIpc) is 2.45. The number of hydrogen-bond donors (Lipinski definition) is 0. The maximum absolute atomic E-state index is 11.9. The molecule has 0 spiro atoms. The summed E-state index contributed by atoms with van der Waals surface area (Å²) >= 11 is 0. The highest BCUT2D eigenvalue weighted by Gasteiger charge is 2.25. The molecule has 0 N–H and O–H groups in total. The van der Waals surface area contributed by atoms with Crippen molar-refractivity contribution in [2.24, 2.45) is 0 Å². The van der Waals surface area contributed by atoms with Crippen molar-refractivity contribution in [2.45, 2.75) is 0 Å². The van der Waals surface area contributed by atoms with Gasteiger partial charge >= 0.3 is 0 Å². The Hall–Kier alpha value is -2.07. The maximum atomic E-state index is 11.9. The Balaban J connectivity index is 1.85. The van der Waals surface area contributed by atoms with Crippen LogP contribution in [0, 0.1) is 11.3 Å². The van der Waals surface area contributed by atoms with Gasteiger partial charge in [-0.3, -0.25) is 4.79 Å². The van der Waals surface area contributed by atoms with Crippen LogP contribution in [0.15, 0.2) is 24.3 Å². The van der Waals surface area contributed by atoms with Crippen LogP contribution in [0.2, 0.25) is 0 Å². The molecule has 1 fully saturated rings. The van der Waals surface area contributed by atoms with Crippen LogP contribution in [0.3, 0.4) is 0 Å². The fourth-order valence-electron chi connectivity index (χ4n) is 1.82. The van der Waals surface area contributed by atoms with E-state index in [-0.39, 0.29) is 37.1 Å². The number of carbonyl (C=O) groups excluding carboxylic acids is 1. The van der Waals surface area contributed by atoms with Crippen LogP contribution in [0.5, 0.6) is 5.75 Å². The molecular weight excluding hydrogens is 280 g/mol. The number of ether oxygens (including phenoxy) is 1. The second kappa shape index (κ2) is 5.92. The number of hydrogen-bond acceptors (Lipinski definition) is 5. The monoisotopic (exact) mass is 294 g/mol. The SMILES string of the molecule is N#Cc1ccc(OCC(=O)N2CCS(=O)(=O)CC2)cc1. The number of carbonyl (C=O) groups is 1. The topological polar surface area (TPSA) is 87.5 Å². The van der Waals surface area contributed by atoms with E-state index >= 15 is 0 Å². The highest BCUT2D eigenvalue weighted by atomic mass is 32.2. The molecule has 0 saturated carbocycles. The molecule has 1 aliphatic heterocycles. The molecule has 0 unspecified atom stereocenters. The van der Waals surface area contributed by atoms with E-state index in [1.807, 2.05) is 6.07 Å². The molecule has 0 radical (unpaired) electrons. The van der Waals surface area contributed by atoms with Gasteiger partial charge in [-0.05, 0) is 24.3 Å². The first-order valence-electron chi connectivity index (χ1n) is 6.11. The molecule has 0 atom stereocenters. The van der Waals surface area contributed by atoms with Crippen molar-refractivity contribution in [1.82, 2.24) is 4.90 Å². The summed E-state index contributed by atoms with van der Waals surface area (Å²) < 4.78 is 27.8. The first-order valence-corrected chi connectivity index (χ1v) is 7.93. The Morgan fingerprint density at radius 3 is 2.40 bits per heavy atom. The second-order valence-electron chi connectivity index (χ2n) is 4.46. The zero-order chi connectivity index (χ0) is 14.6. The van der Waals surface area contributed by atoms with E-state index < -0.39 is 9.84 Å². The zero-order valence-electron chi connectivity index (χ0n) is 10.8. The van der Waals surface area contributed by atoms with E-state index in [1.54, 1.807) is 24.3 Å². The average molecular weight is 294 g/mol. The number of benzene rings is 1. The summed E-state index contributed by atoms with van der Waals surface area (Å²) in [6, 6.07) is 8.43. The summed E-state index contributed by atoms with van der Waals surface area (Å²) in [5, 5.41) is 8.66. The Morgan fingerprint density at radius 2 is 1.85 bits per heavy atom. The van der Waals surface area contributed by atoms with Crippen LogP contribution in [0.25, 0.3) is 0 Å². The van der Waals surface area contributed by atoms with Crippen molar-refractivity contribution in [3.63, 3.8) is 0 Å². The molecule has 106 valence electrons. The quantitative estimate of drug-likeness (QED) is 0.794. The van der Waals surface area contributed by atoms with Gasteiger partial charge in [-0.2, -0.15) is 5.26 Å². The Morgan fingerprint density at radius 1 is 1.25 bits per heavy atom. The molecule has 1 aromatic carbocycles. The van der Waals surface area contributed by atoms with Crippen LogP contribution in [-0.4, -0.2) is 50.4 Å². The van der Waals surface area contributed by atoms with Crippen LogP contribution in [0.1, 0.15) is 5.56 Å². The molecule has 0 aliphatic carbocycles. The smallest absolute Gasteiger partial charge is 0.260 e. The normalized spacial score (nSPS) is 17.2. The molecular formula is C13H14N2O4S. The predicted octanol–water partition coefficient (Wildman–Crippen LogP) is 0.194. The van der Waals surface area contributed by atoms with Crippen LogP contribution in [0.4, 0.5) is 0 Å². The largest absolute Gasteiger partial charge is 0.484 e. The number of nitriles is 1. The maximum Gasteiger partial charge on any atom is 0.260 e. The highest BCUT2D eigenvalue weighted by molar-refractivity contribution is 7.91. The Labute approximate surface area is 117 Å². The van der Waals surface area contributed by atoms with Gasteiger partial charge in [0.1, 0.15) is 5.75 Å². The summed E-state index contributed by atoms with van der Waals surface area (Å²) in [6.45, 7) is 0.307. The lowest BCUT2D eigenvalue weighted by atomic mass is 10.2. The fourth-order valence-corrected chi connectivity index (χ4v) is 3.03. The summed E-state index contributed by atoms with van der Waals surface area (Å²) in [5.41, 5.74) is 0.518. The molecule has 2 rings (SSSR count). The third kappa shape index (κ3) is 3.71. The summed E-state index contributed by atoms with van der Waals surface area (Å²) in [7, 11) is -2.99. The molecule has 7 heteroatoms.